The van der Waals surface area contributed by atoms with Gasteiger partial charge in [0.2, 0.25) is 0 Å². The number of hydrogen-bond donors (Lipinski definition) is 0. The molecule has 0 saturated heterocycles. The summed E-state index contributed by atoms with van der Waals surface area (Å²) in [5.41, 5.74) is 19.9. The van der Waals surface area contributed by atoms with Crippen LogP contribution >= 0.6 is 0 Å². The van der Waals surface area contributed by atoms with Gasteiger partial charge in [-0.3, -0.25) is 0 Å². The first kappa shape index (κ1) is 47.4. The molecule has 370 valence electrons. The van der Waals surface area contributed by atoms with Crippen LogP contribution in [0.3, 0.4) is 0 Å². The van der Waals surface area contributed by atoms with E-state index >= 15 is 0 Å². The molecule has 74 heavy (non-hydrogen) atoms. The smallest absolute Gasteiger partial charge is 0.159 e. The molecule has 4 heteroatoms. The molecule has 0 bridgehead atoms. The highest BCUT2D eigenvalue weighted by atomic mass is 16.3. The van der Waals surface area contributed by atoms with Crippen molar-refractivity contribution in [1.82, 2.24) is 0 Å². The molecule has 10 aromatic carbocycles. The van der Waals surface area contributed by atoms with E-state index in [1.807, 2.05) is 0 Å². The van der Waals surface area contributed by atoms with Gasteiger partial charge in [0.25, 0.3) is 0 Å². The van der Waals surface area contributed by atoms with Crippen LogP contribution in [0.2, 0.25) is 0 Å². The maximum Gasteiger partial charge on any atom is 0.159 e. The summed E-state index contributed by atoms with van der Waals surface area (Å²) in [5, 5.41) is 12.1. The second-order valence-electron chi connectivity index (χ2n) is 23.9. The van der Waals surface area contributed by atoms with Crippen molar-refractivity contribution in [3.8, 4) is 0 Å². The van der Waals surface area contributed by atoms with E-state index < -0.39 is 0 Å². The number of fused-ring (bicyclic) bond motifs is 6. The Morgan fingerprint density at radius 1 is 0.338 bits per heavy atom. The van der Waals surface area contributed by atoms with Gasteiger partial charge in [0.15, 0.2) is 11.2 Å². The number of furan rings is 2. The SMILES string of the molecule is Cc1ccccc1N(c1cc(C(C)C)c2ccc3c(N(c4ccccc4C)c4c(C)ccc5c4oc4c(C(C)(C)C)cccc45)cc(C(C)C)c4ccc1c2c43)c1c(C)ccc2c1oc1c(C(C)(C)C)cccc12. The molecule has 0 saturated carbocycles. The third-order valence-corrected chi connectivity index (χ3v) is 16.1. The van der Waals surface area contributed by atoms with Crippen LogP contribution in [0, 0.1) is 27.7 Å². The summed E-state index contributed by atoms with van der Waals surface area (Å²) >= 11 is 0. The van der Waals surface area contributed by atoms with Crippen molar-refractivity contribution in [3.05, 3.63) is 190 Å². The fourth-order valence-corrected chi connectivity index (χ4v) is 12.3. The number of benzene rings is 10. The topological polar surface area (TPSA) is 32.8 Å². The molecule has 0 radical (unpaired) electrons. The quantitative estimate of drug-likeness (QED) is 0.142. The van der Waals surface area contributed by atoms with Gasteiger partial charge in [-0.15, -0.1) is 0 Å². The number of aryl methyl sites for hydroxylation is 4. The Kier molecular flexibility index (Phi) is 10.9. The molecule has 4 nitrogen and oxygen atoms in total. The lowest BCUT2D eigenvalue weighted by Crippen LogP contribution is -2.15. The van der Waals surface area contributed by atoms with E-state index in [9.17, 15) is 0 Å². The van der Waals surface area contributed by atoms with Gasteiger partial charge in [-0.2, -0.15) is 0 Å². The van der Waals surface area contributed by atoms with E-state index in [1.165, 1.54) is 65.7 Å². The number of nitrogens with zero attached hydrogens (tertiary/aromatic N) is 2. The van der Waals surface area contributed by atoms with Crippen molar-refractivity contribution in [2.45, 2.75) is 120 Å². The van der Waals surface area contributed by atoms with Crippen molar-refractivity contribution in [1.29, 1.82) is 0 Å². The summed E-state index contributed by atoms with van der Waals surface area (Å²) in [6.45, 7) is 32.0. The second-order valence-corrected chi connectivity index (χ2v) is 23.9. The Hall–Kier alpha value is -7.56. The van der Waals surface area contributed by atoms with Gasteiger partial charge < -0.3 is 18.6 Å². The summed E-state index contributed by atoms with van der Waals surface area (Å²) in [6, 6.07) is 54.7. The van der Waals surface area contributed by atoms with Gasteiger partial charge >= 0.3 is 0 Å². The van der Waals surface area contributed by atoms with Crippen molar-refractivity contribution >= 4 is 110 Å². The molecule has 0 fully saturated rings. The van der Waals surface area contributed by atoms with Gasteiger partial charge in [-0.05, 0) is 130 Å². The molecule has 12 rings (SSSR count). The highest BCUT2D eigenvalue weighted by Crippen LogP contribution is 2.55. The van der Waals surface area contributed by atoms with Crippen LogP contribution in [0.1, 0.15) is 126 Å². The van der Waals surface area contributed by atoms with Gasteiger partial charge in [-0.1, -0.05) is 191 Å². The molecule has 2 heterocycles. The van der Waals surface area contributed by atoms with Gasteiger partial charge in [0, 0.05) is 54.8 Å². The van der Waals surface area contributed by atoms with Crippen LogP contribution in [0.5, 0.6) is 0 Å². The molecule has 0 spiro atoms. The third-order valence-electron chi connectivity index (χ3n) is 16.1. The second kappa shape index (κ2) is 17.0. The molecule has 0 amide bonds. The fraction of sp³-hybridized carbons (Fsp3) is 0.257. The third kappa shape index (κ3) is 7.15. The number of hydrogen-bond acceptors (Lipinski definition) is 4. The van der Waals surface area contributed by atoms with Crippen molar-refractivity contribution in [2.24, 2.45) is 0 Å². The van der Waals surface area contributed by atoms with Crippen LogP contribution in [0.25, 0.3) is 76.2 Å². The minimum atomic E-state index is -0.105. The van der Waals surface area contributed by atoms with Crippen LogP contribution in [0.4, 0.5) is 34.1 Å². The molecule has 0 aliphatic rings. The molecule has 0 aliphatic carbocycles. The first-order valence-electron chi connectivity index (χ1n) is 26.7. The molecule has 0 atom stereocenters. The van der Waals surface area contributed by atoms with E-state index in [0.29, 0.717) is 0 Å². The van der Waals surface area contributed by atoms with Crippen LogP contribution in [-0.4, -0.2) is 0 Å². The molecule has 12 aromatic rings. The number of anilines is 6. The number of para-hydroxylation sites is 4. The lowest BCUT2D eigenvalue weighted by atomic mass is 9.83. The zero-order chi connectivity index (χ0) is 51.9. The summed E-state index contributed by atoms with van der Waals surface area (Å²) in [7, 11) is 0. The Balaban J connectivity index is 1.22. The van der Waals surface area contributed by atoms with Crippen LogP contribution < -0.4 is 9.80 Å². The highest BCUT2D eigenvalue weighted by molar-refractivity contribution is 6.30. The average molecular weight is 969 g/mol. The summed E-state index contributed by atoms with van der Waals surface area (Å²) in [4.78, 5) is 5.07. The standard InChI is InChI=1S/C70H68N2O2/c1-39(2)53-37-59(71(57-27-17-15-21-41(57)5)63-43(7)29-31-49-47-23-19-25-55(69(9,10)11)65(47)73-67(49)63)51-36-34-46-54(40(3)4)38-60(52-35-33-45(53)61(51)62(46)52)72(58-28-18-16-22-42(58)6)64-44(8)30-32-50-48-24-20-26-56(70(12,13)14)66(48)74-68(50)64/h15-40H,1-14H3. The molecule has 0 aliphatic heterocycles. The van der Waals surface area contributed by atoms with Crippen molar-refractivity contribution in [3.63, 3.8) is 0 Å². The van der Waals surface area contributed by atoms with Gasteiger partial charge in [0.1, 0.15) is 11.2 Å². The maximum absolute atomic E-state index is 7.29. The first-order valence-corrected chi connectivity index (χ1v) is 26.7. The Labute approximate surface area is 436 Å². The highest BCUT2D eigenvalue weighted by Gasteiger charge is 2.32. The predicted molar refractivity (Wildman–Crippen MR) is 319 cm³/mol. The van der Waals surface area contributed by atoms with Crippen molar-refractivity contribution in [2.75, 3.05) is 9.80 Å². The average Bonchev–Trinajstić information content (AvgIpc) is 4.01. The fourth-order valence-electron chi connectivity index (χ4n) is 12.3. The van der Waals surface area contributed by atoms with E-state index in [-0.39, 0.29) is 22.7 Å². The summed E-state index contributed by atoms with van der Waals surface area (Å²) in [5.74, 6) is 0.460. The van der Waals surface area contributed by atoms with Gasteiger partial charge in [0.05, 0.1) is 22.7 Å². The minimum absolute atomic E-state index is 0.105. The first-order chi connectivity index (χ1) is 35.3. The zero-order valence-corrected chi connectivity index (χ0v) is 45.7. The van der Waals surface area contributed by atoms with E-state index in [2.05, 4.69) is 252 Å². The number of rotatable bonds is 8. The molecular weight excluding hydrogens is 901 g/mol. The maximum atomic E-state index is 7.29. The Morgan fingerprint density at radius 2 is 0.689 bits per heavy atom. The van der Waals surface area contributed by atoms with Crippen LogP contribution in [0.15, 0.2) is 154 Å². The lowest BCUT2D eigenvalue weighted by molar-refractivity contribution is 0.572. The monoisotopic (exact) mass is 969 g/mol. The van der Waals surface area contributed by atoms with E-state index in [4.69, 9.17) is 8.83 Å². The molecular formula is C70H68N2O2. The molecule has 0 unspecified atom stereocenters. The largest absolute Gasteiger partial charge is 0.454 e. The zero-order valence-electron chi connectivity index (χ0n) is 45.7. The lowest BCUT2D eigenvalue weighted by Gasteiger charge is -2.33. The Morgan fingerprint density at radius 3 is 1.05 bits per heavy atom. The van der Waals surface area contributed by atoms with Crippen LogP contribution in [-0.2, 0) is 10.8 Å². The Bertz CT molecular complexity index is 3950. The molecule has 0 N–H and O–H groups in total. The molecule has 2 aromatic heterocycles. The normalized spacial score (nSPS) is 12.7. The minimum Gasteiger partial charge on any atom is -0.454 e. The summed E-state index contributed by atoms with van der Waals surface area (Å²) in [6.07, 6.45) is 0. The van der Waals surface area contributed by atoms with E-state index in [1.54, 1.807) is 0 Å². The predicted octanol–water partition coefficient (Wildman–Crippen LogP) is 21.4. The van der Waals surface area contributed by atoms with E-state index in [0.717, 1.165) is 89.1 Å². The van der Waals surface area contributed by atoms with Gasteiger partial charge in [-0.25, -0.2) is 0 Å². The van der Waals surface area contributed by atoms with Crippen molar-refractivity contribution < 1.29 is 8.83 Å². The summed E-state index contributed by atoms with van der Waals surface area (Å²) < 4.78 is 14.6.